The van der Waals surface area contributed by atoms with E-state index in [9.17, 15) is 4.79 Å². The fourth-order valence-electron chi connectivity index (χ4n) is 1.78. The summed E-state index contributed by atoms with van der Waals surface area (Å²) in [5, 5.41) is 3.77. The Morgan fingerprint density at radius 3 is 2.63 bits per heavy atom. The van der Waals surface area contributed by atoms with Crippen LogP contribution in [0.5, 0.6) is 0 Å². The summed E-state index contributed by atoms with van der Waals surface area (Å²) < 4.78 is 5.79. The van der Waals surface area contributed by atoms with E-state index in [4.69, 9.17) is 16.3 Å². The van der Waals surface area contributed by atoms with E-state index in [1.54, 1.807) is 13.0 Å². The third-order valence-electron chi connectivity index (χ3n) is 2.93. The Balaban J connectivity index is 3.18. The molecule has 0 heterocycles. The zero-order valence-electron chi connectivity index (χ0n) is 11.6. The van der Waals surface area contributed by atoms with Crippen molar-refractivity contribution in [3.63, 3.8) is 0 Å². The summed E-state index contributed by atoms with van der Waals surface area (Å²) in [6.07, 6.45) is 0. The second-order valence-electron chi connectivity index (χ2n) is 5.02. The molecule has 0 fully saturated rings. The topological polar surface area (TPSA) is 38.3 Å². The summed E-state index contributed by atoms with van der Waals surface area (Å²) in [7, 11) is 1.38. The van der Waals surface area contributed by atoms with Crippen LogP contribution in [0, 0.1) is 5.92 Å². The van der Waals surface area contributed by atoms with E-state index in [1.807, 2.05) is 12.1 Å². The molecule has 1 unspecified atom stereocenters. The van der Waals surface area contributed by atoms with E-state index in [0.29, 0.717) is 23.0 Å². The fraction of sp³-hybridized carbons (Fsp3) is 0.500. The molecule has 0 radical (unpaired) electrons. The Labute approximate surface area is 127 Å². The number of halogens is 2. The largest absolute Gasteiger partial charge is 0.467 e. The van der Waals surface area contributed by atoms with Crippen LogP contribution in [0.2, 0.25) is 5.02 Å². The molecule has 19 heavy (non-hydrogen) atoms. The van der Waals surface area contributed by atoms with E-state index in [0.717, 1.165) is 4.47 Å². The van der Waals surface area contributed by atoms with Crippen LogP contribution in [-0.2, 0) is 15.1 Å². The molecular weight excluding hydrogens is 330 g/mol. The van der Waals surface area contributed by atoms with Crippen molar-refractivity contribution in [2.75, 3.05) is 13.7 Å². The van der Waals surface area contributed by atoms with Crippen LogP contribution in [0.15, 0.2) is 22.7 Å². The number of benzene rings is 1. The van der Waals surface area contributed by atoms with Gasteiger partial charge in [0.1, 0.15) is 5.54 Å². The second-order valence-corrected chi connectivity index (χ2v) is 6.34. The van der Waals surface area contributed by atoms with Crippen molar-refractivity contribution in [3.8, 4) is 0 Å². The molecule has 3 nitrogen and oxygen atoms in total. The molecule has 0 spiro atoms. The molecule has 0 saturated heterocycles. The van der Waals surface area contributed by atoms with Crippen LogP contribution in [0.3, 0.4) is 0 Å². The second kappa shape index (κ2) is 6.73. The van der Waals surface area contributed by atoms with E-state index >= 15 is 0 Å². The van der Waals surface area contributed by atoms with Crippen LogP contribution in [0.25, 0.3) is 0 Å². The van der Waals surface area contributed by atoms with Crippen LogP contribution in [0.4, 0.5) is 0 Å². The molecule has 0 aliphatic carbocycles. The van der Waals surface area contributed by atoms with Crippen molar-refractivity contribution in [1.29, 1.82) is 0 Å². The lowest BCUT2D eigenvalue weighted by molar-refractivity contribution is -0.148. The number of nitrogens with one attached hydrogen (secondary N) is 1. The lowest BCUT2D eigenvalue weighted by Crippen LogP contribution is -2.48. The summed E-state index contributed by atoms with van der Waals surface area (Å²) >= 11 is 9.61. The minimum Gasteiger partial charge on any atom is -0.467 e. The summed E-state index contributed by atoms with van der Waals surface area (Å²) in [6.45, 7) is 6.64. The summed E-state index contributed by atoms with van der Waals surface area (Å²) in [5.41, 5.74) is -0.235. The van der Waals surface area contributed by atoms with Crippen molar-refractivity contribution >= 4 is 33.5 Å². The van der Waals surface area contributed by atoms with Gasteiger partial charge in [0.15, 0.2) is 0 Å². The average molecular weight is 349 g/mol. The summed E-state index contributed by atoms with van der Waals surface area (Å²) in [6, 6.07) is 5.46. The average Bonchev–Trinajstić information content (AvgIpc) is 2.34. The molecule has 5 heteroatoms. The normalized spacial score (nSPS) is 14.3. The highest BCUT2D eigenvalue weighted by molar-refractivity contribution is 9.10. The number of carbonyl (C=O) groups excluding carboxylic acids is 1. The van der Waals surface area contributed by atoms with Crippen molar-refractivity contribution in [1.82, 2.24) is 5.32 Å². The fourth-order valence-corrected chi connectivity index (χ4v) is 2.65. The first-order valence-corrected chi connectivity index (χ1v) is 7.27. The molecule has 0 saturated carbocycles. The standard InChI is InChI=1S/C14H19BrClNO2/c1-9(2)8-17-14(3,13(18)19-4)11-6-5-10(15)7-12(11)16/h5-7,9,17H,8H2,1-4H3. The van der Waals surface area contributed by atoms with Gasteiger partial charge in [-0.05, 0) is 31.5 Å². The van der Waals surface area contributed by atoms with Crippen molar-refractivity contribution in [2.45, 2.75) is 26.3 Å². The third kappa shape index (κ3) is 3.94. The van der Waals surface area contributed by atoms with Crippen molar-refractivity contribution in [3.05, 3.63) is 33.3 Å². The Kier molecular flexibility index (Phi) is 5.83. The minimum atomic E-state index is -0.948. The zero-order chi connectivity index (χ0) is 14.6. The van der Waals surface area contributed by atoms with Crippen molar-refractivity contribution in [2.24, 2.45) is 5.92 Å². The Morgan fingerprint density at radius 1 is 1.53 bits per heavy atom. The highest BCUT2D eigenvalue weighted by atomic mass is 79.9. The van der Waals surface area contributed by atoms with Gasteiger partial charge >= 0.3 is 5.97 Å². The Morgan fingerprint density at radius 2 is 2.16 bits per heavy atom. The molecular formula is C14H19BrClNO2. The maximum atomic E-state index is 12.1. The molecule has 0 aliphatic heterocycles. The van der Waals surface area contributed by atoms with Gasteiger partial charge in [0.05, 0.1) is 7.11 Å². The maximum Gasteiger partial charge on any atom is 0.330 e. The van der Waals surface area contributed by atoms with Crippen LogP contribution in [0.1, 0.15) is 26.3 Å². The smallest absolute Gasteiger partial charge is 0.330 e. The number of hydrogen-bond donors (Lipinski definition) is 1. The van der Waals surface area contributed by atoms with Gasteiger partial charge in [-0.25, -0.2) is 4.79 Å². The molecule has 0 aromatic heterocycles. The van der Waals surface area contributed by atoms with Crippen LogP contribution >= 0.6 is 27.5 Å². The van der Waals surface area contributed by atoms with E-state index in [2.05, 4.69) is 35.1 Å². The predicted octanol–water partition coefficient (Wildman–Crippen LogP) is 3.74. The lowest BCUT2D eigenvalue weighted by atomic mass is 9.91. The van der Waals surface area contributed by atoms with Crippen LogP contribution < -0.4 is 5.32 Å². The number of ether oxygens (including phenoxy) is 1. The number of carbonyl (C=O) groups is 1. The Bertz CT molecular complexity index is 465. The quantitative estimate of drug-likeness (QED) is 0.824. The van der Waals surface area contributed by atoms with Gasteiger partial charge in [-0.15, -0.1) is 0 Å². The van der Waals surface area contributed by atoms with Gasteiger partial charge in [-0.2, -0.15) is 0 Å². The highest BCUT2D eigenvalue weighted by Gasteiger charge is 2.37. The zero-order valence-corrected chi connectivity index (χ0v) is 13.9. The minimum absolute atomic E-state index is 0.350. The predicted molar refractivity (Wildman–Crippen MR) is 81.4 cm³/mol. The SMILES string of the molecule is COC(=O)C(C)(NCC(C)C)c1ccc(Br)cc1Cl. The molecule has 0 aliphatic rings. The highest BCUT2D eigenvalue weighted by Crippen LogP contribution is 2.31. The maximum absolute atomic E-state index is 12.1. The van der Waals surface area contributed by atoms with Gasteiger partial charge in [0, 0.05) is 15.1 Å². The first-order valence-electron chi connectivity index (χ1n) is 6.10. The first kappa shape index (κ1) is 16.5. The number of hydrogen-bond acceptors (Lipinski definition) is 3. The molecule has 106 valence electrons. The van der Waals surface area contributed by atoms with Gasteiger partial charge < -0.3 is 4.74 Å². The molecule has 0 bridgehead atoms. The number of methoxy groups -OCH3 is 1. The molecule has 0 amide bonds. The Hall–Kier alpha value is -0.580. The third-order valence-corrected chi connectivity index (χ3v) is 3.73. The molecule has 1 N–H and O–H groups in total. The molecule has 1 atom stereocenters. The first-order chi connectivity index (χ1) is 8.81. The number of rotatable bonds is 5. The summed E-state index contributed by atoms with van der Waals surface area (Å²) in [4.78, 5) is 12.1. The van der Waals surface area contributed by atoms with Crippen LogP contribution in [-0.4, -0.2) is 19.6 Å². The van der Waals surface area contributed by atoms with Gasteiger partial charge in [0.2, 0.25) is 0 Å². The van der Waals surface area contributed by atoms with E-state index in [1.165, 1.54) is 7.11 Å². The van der Waals surface area contributed by atoms with Gasteiger partial charge in [-0.1, -0.05) is 47.4 Å². The monoisotopic (exact) mass is 347 g/mol. The van der Waals surface area contributed by atoms with Crippen molar-refractivity contribution < 1.29 is 9.53 Å². The molecule has 1 rings (SSSR count). The van der Waals surface area contributed by atoms with E-state index < -0.39 is 5.54 Å². The van der Waals surface area contributed by atoms with Gasteiger partial charge in [-0.3, -0.25) is 5.32 Å². The molecule has 1 aromatic carbocycles. The number of esters is 1. The van der Waals surface area contributed by atoms with Gasteiger partial charge in [0.25, 0.3) is 0 Å². The lowest BCUT2D eigenvalue weighted by Gasteiger charge is -2.30. The molecule has 1 aromatic rings. The summed E-state index contributed by atoms with van der Waals surface area (Å²) in [5.74, 6) is 0.0653. The van der Waals surface area contributed by atoms with E-state index in [-0.39, 0.29) is 5.97 Å².